The van der Waals surface area contributed by atoms with Crippen LogP contribution in [0.4, 0.5) is 4.39 Å². The number of hydrogen-bond donors (Lipinski definition) is 1. The highest BCUT2D eigenvalue weighted by Crippen LogP contribution is 2.25. The third-order valence-electron chi connectivity index (χ3n) is 3.89. The van der Waals surface area contributed by atoms with Crippen molar-refractivity contribution in [2.75, 3.05) is 12.8 Å². The van der Waals surface area contributed by atoms with Crippen LogP contribution in [0.25, 0.3) is 0 Å². The summed E-state index contributed by atoms with van der Waals surface area (Å²) in [6.45, 7) is 0. The number of nitrogens with one attached hydrogen (secondary N) is 1. The third-order valence-corrected chi connectivity index (χ3v) is 6.52. The van der Waals surface area contributed by atoms with Crippen molar-refractivity contribution < 1.29 is 12.8 Å². The lowest BCUT2D eigenvalue weighted by molar-refractivity contribution is 0.456. The van der Waals surface area contributed by atoms with Crippen LogP contribution in [0.5, 0.6) is 0 Å². The van der Waals surface area contributed by atoms with E-state index in [0.29, 0.717) is 12.8 Å². The lowest BCUT2D eigenvalue weighted by Crippen LogP contribution is -2.46. The van der Waals surface area contributed by atoms with Crippen LogP contribution in [0, 0.1) is 5.82 Å². The fourth-order valence-corrected chi connectivity index (χ4v) is 5.14. The van der Waals surface area contributed by atoms with Crippen molar-refractivity contribution in [3.63, 3.8) is 0 Å². The Morgan fingerprint density at radius 1 is 1.45 bits per heavy atom. The van der Waals surface area contributed by atoms with Gasteiger partial charge in [0.15, 0.2) is 9.84 Å². The minimum Gasteiger partial charge on any atom is -0.315 e. The zero-order chi connectivity index (χ0) is 14.8. The molecule has 0 aromatic heterocycles. The number of sulfone groups is 1. The van der Waals surface area contributed by atoms with Crippen LogP contribution in [0.15, 0.2) is 18.2 Å². The summed E-state index contributed by atoms with van der Waals surface area (Å²) >= 11 is 5.77. The fourth-order valence-electron chi connectivity index (χ4n) is 2.77. The van der Waals surface area contributed by atoms with E-state index in [2.05, 4.69) is 5.32 Å². The lowest BCUT2D eigenvalue weighted by atomic mass is 9.99. The van der Waals surface area contributed by atoms with E-state index >= 15 is 0 Å². The molecular weight excluding hydrogens is 301 g/mol. The lowest BCUT2D eigenvalue weighted by Gasteiger charge is -2.30. The number of hydrogen-bond acceptors (Lipinski definition) is 3. The van der Waals surface area contributed by atoms with Gasteiger partial charge in [-0.15, -0.1) is 0 Å². The Kier molecular flexibility index (Phi) is 5.04. The Morgan fingerprint density at radius 3 is 2.80 bits per heavy atom. The highest BCUT2D eigenvalue weighted by Gasteiger charge is 2.34. The molecule has 0 aliphatic carbocycles. The van der Waals surface area contributed by atoms with E-state index in [4.69, 9.17) is 11.6 Å². The minimum absolute atomic E-state index is 0.0730. The zero-order valence-corrected chi connectivity index (χ0v) is 13.0. The molecule has 1 saturated heterocycles. The molecule has 1 aliphatic rings. The molecule has 2 unspecified atom stereocenters. The van der Waals surface area contributed by atoms with Crippen LogP contribution in [0.1, 0.15) is 24.8 Å². The predicted molar refractivity (Wildman–Crippen MR) is 79.4 cm³/mol. The van der Waals surface area contributed by atoms with Gasteiger partial charge in [-0.3, -0.25) is 0 Å². The van der Waals surface area contributed by atoms with Crippen molar-refractivity contribution in [1.29, 1.82) is 0 Å². The molecule has 1 heterocycles. The van der Waals surface area contributed by atoms with Crippen LogP contribution < -0.4 is 5.32 Å². The van der Waals surface area contributed by atoms with Crippen LogP contribution in [-0.4, -0.2) is 32.5 Å². The van der Waals surface area contributed by atoms with Crippen molar-refractivity contribution in [3.8, 4) is 0 Å². The Hall–Kier alpha value is -0.650. The van der Waals surface area contributed by atoms with Gasteiger partial charge in [0.2, 0.25) is 0 Å². The number of halogens is 2. The second-order valence-corrected chi connectivity index (χ2v) is 8.00. The molecule has 112 valence electrons. The molecule has 0 radical (unpaired) electrons. The number of likely N-dealkylation sites (N-methyl/N-ethyl adjacent to an activating group) is 1. The summed E-state index contributed by atoms with van der Waals surface area (Å²) in [4.78, 5) is 0. The maximum Gasteiger partial charge on any atom is 0.154 e. The molecule has 3 nitrogen and oxygen atoms in total. The van der Waals surface area contributed by atoms with Crippen molar-refractivity contribution in [2.45, 2.75) is 37.0 Å². The highest BCUT2D eigenvalue weighted by atomic mass is 35.5. The maximum absolute atomic E-state index is 13.2. The molecule has 20 heavy (non-hydrogen) atoms. The van der Waals surface area contributed by atoms with E-state index in [-0.39, 0.29) is 22.1 Å². The predicted octanol–water partition coefficient (Wildman–Crippen LogP) is 2.58. The summed E-state index contributed by atoms with van der Waals surface area (Å²) in [5.41, 5.74) is 0.844. The van der Waals surface area contributed by atoms with E-state index in [1.807, 2.05) is 0 Å². The van der Waals surface area contributed by atoms with Gasteiger partial charge < -0.3 is 5.32 Å². The molecule has 0 spiro atoms. The largest absolute Gasteiger partial charge is 0.315 e. The second kappa shape index (κ2) is 6.41. The van der Waals surface area contributed by atoms with E-state index < -0.39 is 15.7 Å². The van der Waals surface area contributed by atoms with Crippen molar-refractivity contribution >= 4 is 21.4 Å². The molecule has 1 fully saturated rings. The smallest absolute Gasteiger partial charge is 0.154 e. The van der Waals surface area contributed by atoms with E-state index in [1.165, 1.54) is 6.07 Å². The summed E-state index contributed by atoms with van der Waals surface area (Å²) in [6, 6.07) is 4.37. The normalized spacial score (nSPS) is 23.4. The third kappa shape index (κ3) is 3.51. The molecule has 1 N–H and O–H groups in total. The van der Waals surface area contributed by atoms with Gasteiger partial charge >= 0.3 is 0 Å². The zero-order valence-electron chi connectivity index (χ0n) is 11.4. The van der Waals surface area contributed by atoms with Crippen LogP contribution in [0.2, 0.25) is 5.02 Å². The van der Waals surface area contributed by atoms with Gasteiger partial charge in [0.25, 0.3) is 0 Å². The SMILES string of the molecule is CNC(Cc1ccc(F)c(Cl)c1)C1CCCCS1(=O)=O. The molecule has 1 aromatic carbocycles. The Labute approximate surface area is 124 Å². The van der Waals surface area contributed by atoms with Gasteiger partial charge in [0.1, 0.15) is 5.82 Å². The Bertz CT molecular complexity index is 577. The summed E-state index contributed by atoms with van der Waals surface area (Å²) in [5.74, 6) is -0.193. The first-order valence-electron chi connectivity index (χ1n) is 6.77. The molecule has 2 atom stereocenters. The summed E-state index contributed by atoms with van der Waals surface area (Å²) in [7, 11) is -1.28. The van der Waals surface area contributed by atoms with Gasteiger partial charge in [-0.05, 0) is 44.0 Å². The number of rotatable bonds is 4. The van der Waals surface area contributed by atoms with E-state index in [9.17, 15) is 12.8 Å². The maximum atomic E-state index is 13.2. The van der Waals surface area contributed by atoms with Crippen LogP contribution >= 0.6 is 11.6 Å². The summed E-state index contributed by atoms with van der Waals surface area (Å²) < 4.78 is 37.5. The van der Waals surface area contributed by atoms with Gasteiger partial charge in [-0.1, -0.05) is 24.1 Å². The average molecular weight is 320 g/mol. The second-order valence-electron chi connectivity index (χ2n) is 5.25. The Balaban J connectivity index is 2.18. The first-order chi connectivity index (χ1) is 9.44. The van der Waals surface area contributed by atoms with Gasteiger partial charge in [-0.25, -0.2) is 12.8 Å². The monoisotopic (exact) mass is 319 g/mol. The van der Waals surface area contributed by atoms with E-state index in [1.54, 1.807) is 19.2 Å². The molecule has 1 aliphatic heterocycles. The van der Waals surface area contributed by atoms with E-state index in [0.717, 1.165) is 18.4 Å². The summed E-state index contributed by atoms with van der Waals surface area (Å²) in [6.07, 6.45) is 2.90. The Morgan fingerprint density at radius 2 is 2.20 bits per heavy atom. The fraction of sp³-hybridized carbons (Fsp3) is 0.571. The molecule has 0 saturated carbocycles. The van der Waals surface area contributed by atoms with Crippen molar-refractivity contribution in [1.82, 2.24) is 5.32 Å². The average Bonchev–Trinajstić information content (AvgIpc) is 2.40. The van der Waals surface area contributed by atoms with Gasteiger partial charge in [-0.2, -0.15) is 0 Å². The van der Waals surface area contributed by atoms with Crippen molar-refractivity contribution in [2.24, 2.45) is 0 Å². The number of benzene rings is 1. The standard InChI is InChI=1S/C14H19ClFNO2S/c1-17-13(14-4-2-3-7-20(14,18)19)9-10-5-6-12(16)11(15)8-10/h5-6,8,13-14,17H,2-4,7,9H2,1H3. The van der Waals surface area contributed by atoms with Crippen LogP contribution in [-0.2, 0) is 16.3 Å². The highest BCUT2D eigenvalue weighted by molar-refractivity contribution is 7.92. The van der Waals surface area contributed by atoms with Crippen LogP contribution in [0.3, 0.4) is 0 Å². The quantitative estimate of drug-likeness (QED) is 0.928. The molecular formula is C14H19ClFNO2S. The minimum atomic E-state index is -3.04. The van der Waals surface area contributed by atoms with Gasteiger partial charge in [0.05, 0.1) is 16.0 Å². The molecule has 0 amide bonds. The van der Waals surface area contributed by atoms with Gasteiger partial charge in [0, 0.05) is 6.04 Å². The molecule has 0 bridgehead atoms. The first-order valence-corrected chi connectivity index (χ1v) is 8.86. The molecule has 2 rings (SSSR count). The topological polar surface area (TPSA) is 46.2 Å². The first kappa shape index (κ1) is 15.7. The van der Waals surface area contributed by atoms with Crippen molar-refractivity contribution in [3.05, 3.63) is 34.6 Å². The molecule has 1 aromatic rings. The summed E-state index contributed by atoms with van der Waals surface area (Å²) in [5, 5.41) is 2.80. The molecule has 6 heteroatoms.